The van der Waals surface area contributed by atoms with Gasteiger partial charge in [-0.2, -0.15) is 5.01 Å². The number of para-hydroxylation sites is 1. The van der Waals surface area contributed by atoms with E-state index in [0.717, 1.165) is 29.1 Å². The van der Waals surface area contributed by atoms with Gasteiger partial charge in [0.25, 0.3) is 0 Å². The standard InChI is InChI=1S/C59H44N4S/c1-58(36-48-46-27-13-16-31-52(46)64-54(48)53-47-28-12-15-30-51(47)60-55(53)58)59(43-24-9-4-10-25-43)49-29-14-11-26-44(49)45-33-32-41(35-50(45)59)40-22-17-23-42(34-40)56-61-57(39-20-7-3-8-21-39)63(62-56)37-38-18-5-2-6-19-38/h2-36,55,57,60H,37H2,1H3,(H,61,62). The van der Waals surface area contributed by atoms with Crippen LogP contribution in [0.5, 0.6) is 0 Å². The lowest BCUT2D eigenvalue weighted by molar-refractivity contribution is 0.181. The second kappa shape index (κ2) is 14.4. The highest BCUT2D eigenvalue weighted by Crippen LogP contribution is 2.65. The summed E-state index contributed by atoms with van der Waals surface area (Å²) in [5, 5.41) is 9.10. The van der Waals surface area contributed by atoms with E-state index in [0.29, 0.717) is 0 Å². The third-order valence-corrected chi connectivity index (χ3v) is 15.6. The van der Waals surface area contributed by atoms with Crippen molar-refractivity contribution in [1.82, 2.24) is 10.4 Å². The number of benzene rings is 8. The molecule has 0 amide bonds. The molecule has 2 N–H and O–H groups in total. The molecule has 4 aliphatic rings. The highest BCUT2D eigenvalue weighted by molar-refractivity contribution is 7.17. The molecule has 2 aliphatic carbocycles. The number of aliphatic imine (C=N–C) groups is 1. The summed E-state index contributed by atoms with van der Waals surface area (Å²) in [5.41, 5.74) is 18.9. The number of amidine groups is 1. The number of thiophene rings is 1. The van der Waals surface area contributed by atoms with Crippen LogP contribution in [0.1, 0.15) is 52.0 Å². The summed E-state index contributed by atoms with van der Waals surface area (Å²) in [6.07, 6.45) is 2.50. The lowest BCUT2D eigenvalue weighted by Gasteiger charge is -2.51. The molecule has 3 heterocycles. The number of fused-ring (bicyclic) bond motifs is 9. The molecule has 13 rings (SSSR count). The predicted molar refractivity (Wildman–Crippen MR) is 264 cm³/mol. The van der Waals surface area contributed by atoms with Crippen molar-refractivity contribution < 1.29 is 0 Å². The van der Waals surface area contributed by atoms with Crippen molar-refractivity contribution in [2.75, 3.05) is 5.32 Å². The van der Waals surface area contributed by atoms with Crippen molar-refractivity contribution in [3.05, 3.63) is 255 Å². The van der Waals surface area contributed by atoms with Crippen LogP contribution in [-0.4, -0.2) is 16.9 Å². The molecule has 4 nitrogen and oxygen atoms in total. The molecule has 4 atom stereocenters. The van der Waals surface area contributed by atoms with Crippen LogP contribution < -0.4 is 20.5 Å². The van der Waals surface area contributed by atoms with E-state index < -0.39 is 10.8 Å². The first-order chi connectivity index (χ1) is 31.6. The number of nitrogens with zero attached hydrogens (tertiary/aromatic N) is 2. The van der Waals surface area contributed by atoms with E-state index in [-0.39, 0.29) is 12.2 Å². The molecular weight excluding hydrogens is 797 g/mol. The van der Waals surface area contributed by atoms with Crippen molar-refractivity contribution in [2.45, 2.75) is 31.1 Å². The van der Waals surface area contributed by atoms with Gasteiger partial charge in [0.05, 0.1) is 11.5 Å². The average Bonchev–Trinajstić information content (AvgIpc) is 4.13. The molecule has 306 valence electrons. The smallest absolute Gasteiger partial charge is 0.147 e. The summed E-state index contributed by atoms with van der Waals surface area (Å²) in [6.45, 7) is 3.25. The maximum absolute atomic E-state index is 5.36. The fourth-order valence-corrected chi connectivity index (χ4v) is 12.9. The topological polar surface area (TPSA) is 39.7 Å². The lowest BCUT2D eigenvalue weighted by Crippen LogP contribution is -2.56. The molecule has 64 heavy (non-hydrogen) atoms. The zero-order valence-corrected chi connectivity index (χ0v) is 36.2. The van der Waals surface area contributed by atoms with Crippen molar-refractivity contribution in [2.24, 2.45) is 10.4 Å². The molecule has 2 aliphatic heterocycles. The molecule has 0 saturated heterocycles. The summed E-state index contributed by atoms with van der Waals surface area (Å²) in [4.78, 5) is 5.36. The largest absolute Gasteiger partial charge is 0.377 e. The van der Waals surface area contributed by atoms with Gasteiger partial charge in [-0.15, -0.1) is 11.3 Å². The Morgan fingerprint density at radius 2 is 1.27 bits per heavy atom. The van der Waals surface area contributed by atoms with Crippen LogP contribution in [0.2, 0.25) is 0 Å². The normalized spacial score (nSPS) is 21.5. The van der Waals surface area contributed by atoms with Gasteiger partial charge < -0.3 is 10.7 Å². The third kappa shape index (κ3) is 5.41. The van der Waals surface area contributed by atoms with Crippen LogP contribution in [0.3, 0.4) is 0 Å². The number of anilines is 1. The van der Waals surface area contributed by atoms with Crippen LogP contribution in [0.15, 0.2) is 211 Å². The number of hydrogen-bond donors (Lipinski definition) is 2. The van der Waals surface area contributed by atoms with Crippen LogP contribution in [0, 0.1) is 5.41 Å². The van der Waals surface area contributed by atoms with E-state index in [4.69, 9.17) is 4.99 Å². The first-order valence-corrected chi connectivity index (χ1v) is 23.1. The summed E-state index contributed by atoms with van der Waals surface area (Å²) in [5.74, 6) is 0.872. The molecule has 9 aromatic rings. The minimum Gasteiger partial charge on any atom is -0.377 e. The SMILES string of the molecule is CC1(C2(c3ccccc3)c3ccccc3-c3ccc(-c4cccc(C5=NC(c6ccccc6)N(Cc6ccccc6)N5)c4)cc32)C=c2c(sc3ccccc23)=C2c3ccccc3NC21. The van der Waals surface area contributed by atoms with Crippen molar-refractivity contribution >= 4 is 44.6 Å². The minimum absolute atomic E-state index is 0.000460. The quantitative estimate of drug-likeness (QED) is 0.168. The van der Waals surface area contributed by atoms with E-state index in [1.165, 1.54) is 75.6 Å². The first-order valence-electron chi connectivity index (χ1n) is 22.3. The van der Waals surface area contributed by atoms with E-state index in [9.17, 15) is 0 Å². The zero-order valence-electron chi connectivity index (χ0n) is 35.4. The van der Waals surface area contributed by atoms with Crippen LogP contribution in [-0.2, 0) is 12.0 Å². The fraction of sp³-hybridized carbons (Fsp3) is 0.102. The van der Waals surface area contributed by atoms with Crippen molar-refractivity contribution in [3.8, 4) is 22.3 Å². The van der Waals surface area contributed by atoms with Gasteiger partial charge in [0, 0.05) is 49.0 Å². The zero-order chi connectivity index (χ0) is 42.4. The molecule has 8 aromatic carbocycles. The maximum Gasteiger partial charge on any atom is 0.147 e. The van der Waals surface area contributed by atoms with E-state index >= 15 is 0 Å². The predicted octanol–water partition coefficient (Wildman–Crippen LogP) is 11.8. The van der Waals surface area contributed by atoms with Gasteiger partial charge >= 0.3 is 0 Å². The molecule has 5 heteroatoms. The second-order valence-corrected chi connectivity index (χ2v) is 18.8. The number of rotatable bonds is 7. The van der Waals surface area contributed by atoms with E-state index in [1.807, 2.05) is 11.3 Å². The van der Waals surface area contributed by atoms with Crippen molar-refractivity contribution in [3.63, 3.8) is 0 Å². The van der Waals surface area contributed by atoms with Gasteiger partial charge in [-0.3, -0.25) is 0 Å². The number of nitrogens with one attached hydrogen (secondary N) is 2. The number of hydrazine groups is 1. The molecule has 0 fully saturated rings. The summed E-state index contributed by atoms with van der Waals surface area (Å²) >= 11 is 1.93. The van der Waals surface area contributed by atoms with E-state index in [2.05, 4.69) is 235 Å². The van der Waals surface area contributed by atoms with Gasteiger partial charge in [0.15, 0.2) is 0 Å². The monoisotopic (exact) mass is 840 g/mol. The Bertz CT molecular complexity index is 3470. The molecular formula is C59H44N4S. The van der Waals surface area contributed by atoms with Gasteiger partial charge in [0.1, 0.15) is 12.0 Å². The Morgan fingerprint density at radius 1 is 0.594 bits per heavy atom. The molecule has 4 unspecified atom stereocenters. The third-order valence-electron chi connectivity index (χ3n) is 14.3. The Hall–Kier alpha value is -7.31. The van der Waals surface area contributed by atoms with Crippen LogP contribution in [0.25, 0.3) is 44.0 Å². The second-order valence-electron chi connectivity index (χ2n) is 17.8. The molecule has 0 radical (unpaired) electrons. The van der Waals surface area contributed by atoms with Crippen molar-refractivity contribution in [1.29, 1.82) is 0 Å². The first kappa shape index (κ1) is 37.3. The Labute approximate surface area is 377 Å². The van der Waals surface area contributed by atoms with Gasteiger partial charge in [0.2, 0.25) is 0 Å². The highest BCUT2D eigenvalue weighted by Gasteiger charge is 2.61. The van der Waals surface area contributed by atoms with E-state index in [1.54, 1.807) is 0 Å². The summed E-state index contributed by atoms with van der Waals surface area (Å²) in [6, 6.07) is 75.8. The molecule has 0 bridgehead atoms. The highest BCUT2D eigenvalue weighted by atomic mass is 32.1. The Morgan fingerprint density at radius 3 is 2.11 bits per heavy atom. The summed E-state index contributed by atoms with van der Waals surface area (Å²) in [7, 11) is 0. The maximum atomic E-state index is 5.36. The van der Waals surface area contributed by atoms with Gasteiger partial charge in [-0.1, -0.05) is 195 Å². The van der Waals surface area contributed by atoms with Crippen LogP contribution in [0.4, 0.5) is 5.69 Å². The minimum atomic E-state index is -0.572. The average molecular weight is 841 g/mol. The van der Waals surface area contributed by atoms with Gasteiger partial charge in [-0.05, 0) is 79.6 Å². The molecule has 0 spiro atoms. The molecule has 1 aromatic heterocycles. The Kier molecular flexibility index (Phi) is 8.36. The molecule has 0 saturated carbocycles. The fourth-order valence-electron chi connectivity index (χ4n) is 11.6. The number of hydrogen-bond acceptors (Lipinski definition) is 5. The van der Waals surface area contributed by atoms with Crippen LogP contribution >= 0.6 is 11.3 Å². The summed E-state index contributed by atoms with van der Waals surface area (Å²) < 4.78 is 2.70. The van der Waals surface area contributed by atoms with Gasteiger partial charge in [-0.25, -0.2) is 4.99 Å². The Balaban J connectivity index is 1.00. The lowest BCUT2D eigenvalue weighted by atomic mass is 9.51.